The van der Waals surface area contributed by atoms with Crippen molar-refractivity contribution in [1.82, 2.24) is 19.5 Å². The molecule has 0 bridgehead atoms. The Hall–Kier alpha value is -3.42. The number of aromatic nitrogens is 4. The zero-order valence-corrected chi connectivity index (χ0v) is 18.8. The van der Waals surface area contributed by atoms with Crippen molar-refractivity contribution in [2.75, 3.05) is 17.7 Å². The molecule has 1 amide bonds. The van der Waals surface area contributed by atoms with Gasteiger partial charge >= 0.3 is 5.69 Å². The molecule has 0 aliphatic heterocycles. The fourth-order valence-corrected chi connectivity index (χ4v) is 4.31. The Morgan fingerprint density at radius 2 is 2.12 bits per heavy atom. The van der Waals surface area contributed by atoms with Gasteiger partial charge in [-0.3, -0.25) is 4.79 Å². The average Bonchev–Trinajstić information content (AvgIpc) is 3.54. The van der Waals surface area contributed by atoms with Gasteiger partial charge in [0.15, 0.2) is 11.5 Å². The van der Waals surface area contributed by atoms with Gasteiger partial charge in [-0.05, 0) is 67.9 Å². The van der Waals surface area contributed by atoms with Crippen LogP contribution in [0.3, 0.4) is 0 Å². The quantitative estimate of drug-likeness (QED) is 0.525. The molecule has 1 saturated carbocycles. The van der Waals surface area contributed by atoms with Crippen molar-refractivity contribution in [2.24, 2.45) is 11.8 Å². The predicted octanol–water partition coefficient (Wildman–Crippen LogP) is 3.73. The molecule has 1 aliphatic carbocycles. The number of rotatable bonds is 8. The number of carbonyl (C=O) groups excluding carboxylic acids is 1. The third-order valence-electron chi connectivity index (χ3n) is 6.17. The zero-order valence-electron chi connectivity index (χ0n) is 18.8. The summed E-state index contributed by atoms with van der Waals surface area (Å²) in [5.41, 5.74) is 8.53. The molecule has 1 atom stereocenters. The van der Waals surface area contributed by atoms with Crippen molar-refractivity contribution < 1.29 is 4.79 Å². The largest absolute Gasteiger partial charge is 0.382 e. The lowest BCUT2D eigenvalue weighted by Gasteiger charge is -2.18. The summed E-state index contributed by atoms with van der Waals surface area (Å²) >= 11 is 0. The highest BCUT2D eigenvalue weighted by Crippen LogP contribution is 2.41. The third-order valence-corrected chi connectivity index (χ3v) is 6.17. The van der Waals surface area contributed by atoms with Crippen LogP contribution < -0.4 is 16.3 Å². The number of imidazole rings is 1. The van der Waals surface area contributed by atoms with Crippen molar-refractivity contribution >= 4 is 28.6 Å². The number of H-pyrrole nitrogens is 1. The number of nitrogens with two attached hydrogens (primary N) is 1. The molecule has 1 fully saturated rings. The maximum atomic E-state index is 12.8. The van der Waals surface area contributed by atoms with Crippen molar-refractivity contribution in [3.05, 3.63) is 52.7 Å². The average molecular weight is 435 g/mol. The molecule has 3 aromatic rings. The number of aryl methyl sites for hydroxylation is 1. The zero-order chi connectivity index (χ0) is 22.8. The van der Waals surface area contributed by atoms with Gasteiger partial charge < -0.3 is 15.6 Å². The Balaban J connectivity index is 1.58. The van der Waals surface area contributed by atoms with Crippen LogP contribution in [0.25, 0.3) is 16.9 Å². The minimum absolute atomic E-state index is 0.0922. The molecular weight excluding hydrogens is 404 g/mol. The molecule has 32 heavy (non-hydrogen) atoms. The van der Waals surface area contributed by atoms with Crippen molar-refractivity contribution in [3.63, 3.8) is 0 Å². The van der Waals surface area contributed by atoms with Crippen LogP contribution in [0.4, 0.5) is 11.5 Å². The van der Waals surface area contributed by atoms with Crippen LogP contribution in [0.1, 0.15) is 44.6 Å². The van der Waals surface area contributed by atoms with E-state index in [-0.39, 0.29) is 17.4 Å². The van der Waals surface area contributed by atoms with Crippen molar-refractivity contribution in [2.45, 2.75) is 46.0 Å². The molecule has 0 saturated heterocycles. The van der Waals surface area contributed by atoms with E-state index in [0.29, 0.717) is 28.5 Å². The number of nitrogens with zero attached hydrogens (tertiary/aromatic N) is 4. The molecule has 3 N–H and O–H groups in total. The van der Waals surface area contributed by atoms with Gasteiger partial charge in [0.05, 0.1) is 5.69 Å². The maximum Gasteiger partial charge on any atom is 0.332 e. The number of hydrogen-bond acceptors (Lipinski definition) is 5. The third kappa shape index (κ3) is 4.44. The van der Waals surface area contributed by atoms with Crippen molar-refractivity contribution in [3.8, 4) is 5.69 Å². The molecular formula is C24H30N6O2. The number of nitrogen functional groups attached to an aromatic ring is 1. The smallest absolute Gasteiger partial charge is 0.332 e. The Bertz CT molecular complexity index is 1220. The molecule has 8 nitrogen and oxygen atoms in total. The lowest BCUT2D eigenvalue weighted by atomic mass is 9.94. The van der Waals surface area contributed by atoms with E-state index in [2.05, 4.69) is 21.9 Å². The second-order valence-corrected chi connectivity index (χ2v) is 8.67. The Morgan fingerprint density at radius 3 is 2.84 bits per heavy atom. The van der Waals surface area contributed by atoms with E-state index < -0.39 is 0 Å². The van der Waals surface area contributed by atoms with Crippen LogP contribution in [0, 0.1) is 18.8 Å². The number of amides is 1. The number of fused-ring (bicyclic) bond motifs is 1. The van der Waals surface area contributed by atoms with E-state index in [4.69, 9.17) is 5.73 Å². The van der Waals surface area contributed by atoms with Crippen LogP contribution in [0.5, 0.6) is 0 Å². The van der Waals surface area contributed by atoms with Crippen molar-refractivity contribution in [1.29, 1.82) is 0 Å². The molecule has 2 aromatic heterocycles. The van der Waals surface area contributed by atoms with E-state index >= 15 is 0 Å². The number of allylic oxidation sites excluding steroid dienone is 1. The second-order valence-electron chi connectivity index (χ2n) is 8.67. The second kappa shape index (κ2) is 8.98. The molecule has 1 aliphatic rings. The number of aromatic amines is 1. The van der Waals surface area contributed by atoms with Crippen LogP contribution in [-0.2, 0) is 4.79 Å². The molecule has 168 valence electrons. The van der Waals surface area contributed by atoms with Gasteiger partial charge in [0.1, 0.15) is 11.8 Å². The lowest BCUT2D eigenvalue weighted by Crippen LogP contribution is -2.24. The van der Waals surface area contributed by atoms with E-state index in [9.17, 15) is 9.59 Å². The fourth-order valence-electron chi connectivity index (χ4n) is 4.31. The summed E-state index contributed by atoms with van der Waals surface area (Å²) in [7, 11) is 1.74. The number of nitrogens with one attached hydrogen (secondary N) is 1. The van der Waals surface area contributed by atoms with E-state index in [1.54, 1.807) is 24.1 Å². The number of carbonyl (C=O) groups is 1. The van der Waals surface area contributed by atoms with Crippen LogP contribution in [0.15, 0.2) is 41.5 Å². The van der Waals surface area contributed by atoms with Gasteiger partial charge in [-0.1, -0.05) is 25.8 Å². The highest BCUT2D eigenvalue weighted by atomic mass is 16.2. The standard InChI is InChI=1S/C24H30N6O2/c1-4-6-16(17-9-10-17)7-5-8-20(31)29(3)18-11-15(2)12-19(13-18)30-23-21(28-24(30)32)22(25)26-14-27-23/h5,8,11-14,16-17H,4,6-7,9-10H2,1-3H3,(H,28,32)(H2,25,26,27). The lowest BCUT2D eigenvalue weighted by molar-refractivity contribution is -0.113. The van der Waals surface area contributed by atoms with Gasteiger partial charge in [0.2, 0.25) is 5.91 Å². The highest BCUT2D eigenvalue weighted by molar-refractivity contribution is 6.01. The first-order chi connectivity index (χ1) is 15.4. The van der Waals surface area contributed by atoms with Crippen LogP contribution >= 0.6 is 0 Å². The first-order valence-electron chi connectivity index (χ1n) is 11.2. The topological polar surface area (TPSA) is 110 Å². The molecule has 2 heterocycles. The Kier molecular flexibility index (Phi) is 6.12. The van der Waals surface area contributed by atoms with Gasteiger partial charge in [-0.2, -0.15) is 0 Å². The maximum absolute atomic E-state index is 12.8. The Labute approximate surface area is 187 Å². The highest BCUT2D eigenvalue weighted by Gasteiger charge is 2.29. The fraction of sp³-hybridized carbons (Fsp3) is 0.417. The summed E-state index contributed by atoms with van der Waals surface area (Å²) in [4.78, 5) is 37.9. The van der Waals surface area contributed by atoms with E-state index in [1.807, 2.05) is 25.1 Å². The molecule has 0 spiro atoms. The number of likely N-dealkylation sites (N-methyl/N-ethyl adjacent to an activating group) is 1. The minimum atomic E-state index is -0.361. The molecule has 8 heteroatoms. The SMILES string of the molecule is CCCC(CC=CC(=O)N(C)c1cc(C)cc(-n2c(=O)[nH]c3c(N)ncnc32)c1)C1CC1. The van der Waals surface area contributed by atoms with Crippen LogP contribution in [-0.4, -0.2) is 32.5 Å². The monoisotopic (exact) mass is 434 g/mol. The molecule has 4 rings (SSSR count). The minimum Gasteiger partial charge on any atom is -0.382 e. The summed E-state index contributed by atoms with van der Waals surface area (Å²) in [5.74, 6) is 1.64. The number of anilines is 2. The van der Waals surface area contributed by atoms with Gasteiger partial charge in [0.25, 0.3) is 0 Å². The normalized spacial score (nSPS) is 14.8. The summed E-state index contributed by atoms with van der Waals surface area (Å²) < 4.78 is 1.45. The summed E-state index contributed by atoms with van der Waals surface area (Å²) in [6.07, 6.45) is 11.0. The first kappa shape index (κ1) is 21.8. The number of benzene rings is 1. The summed E-state index contributed by atoms with van der Waals surface area (Å²) in [6.45, 7) is 4.14. The van der Waals surface area contributed by atoms with Gasteiger partial charge in [-0.15, -0.1) is 0 Å². The first-order valence-corrected chi connectivity index (χ1v) is 11.2. The molecule has 1 aromatic carbocycles. The summed E-state index contributed by atoms with van der Waals surface area (Å²) in [5, 5.41) is 0. The summed E-state index contributed by atoms with van der Waals surface area (Å²) in [6, 6.07) is 5.59. The van der Waals surface area contributed by atoms with Crippen LogP contribution in [0.2, 0.25) is 0 Å². The van der Waals surface area contributed by atoms with E-state index in [1.165, 1.54) is 36.6 Å². The molecule has 1 unspecified atom stereocenters. The molecule has 0 radical (unpaired) electrons. The predicted molar refractivity (Wildman–Crippen MR) is 127 cm³/mol. The van der Waals surface area contributed by atoms with Gasteiger partial charge in [0, 0.05) is 12.7 Å². The van der Waals surface area contributed by atoms with Gasteiger partial charge in [-0.25, -0.2) is 19.3 Å². The Morgan fingerprint density at radius 1 is 1.34 bits per heavy atom. The van der Waals surface area contributed by atoms with E-state index in [0.717, 1.165) is 17.9 Å². The number of hydrogen-bond donors (Lipinski definition) is 2.